The molecule has 2 rings (SSSR count). The Morgan fingerprint density at radius 3 is 3.17 bits per heavy atom. The Balaban J connectivity index is 1.95. The number of aromatic nitrogens is 2. The predicted octanol–water partition coefficient (Wildman–Crippen LogP) is 1.08. The van der Waals surface area contributed by atoms with E-state index in [0.717, 1.165) is 19.5 Å². The normalized spacial score (nSPS) is 18.7. The molecule has 1 aromatic rings. The highest BCUT2D eigenvalue weighted by Gasteiger charge is 2.18. The summed E-state index contributed by atoms with van der Waals surface area (Å²) < 4.78 is 4.95. The maximum absolute atomic E-state index is 11.8. The topological polar surface area (TPSA) is 76.1 Å². The molecule has 2 N–H and O–H groups in total. The molecule has 1 fully saturated rings. The van der Waals surface area contributed by atoms with Crippen LogP contribution in [0.1, 0.15) is 12.8 Å². The van der Waals surface area contributed by atoms with E-state index in [1.54, 1.807) is 0 Å². The van der Waals surface area contributed by atoms with Crippen molar-refractivity contribution in [3.63, 3.8) is 0 Å². The molecular weight excluding hydrogens is 256 g/mol. The van der Waals surface area contributed by atoms with Crippen molar-refractivity contribution in [2.45, 2.75) is 12.8 Å². The number of nitrogens with zero attached hydrogens (tertiary/aromatic N) is 2. The van der Waals surface area contributed by atoms with Gasteiger partial charge >= 0.3 is 0 Å². The Bertz CT molecular complexity index is 435. The monoisotopic (exact) mass is 270 g/mol. The summed E-state index contributed by atoms with van der Waals surface area (Å²) in [7, 11) is 1.48. The van der Waals surface area contributed by atoms with Gasteiger partial charge in [-0.2, -0.15) is 4.98 Å². The van der Waals surface area contributed by atoms with Crippen molar-refractivity contribution in [2.24, 2.45) is 5.92 Å². The summed E-state index contributed by atoms with van der Waals surface area (Å²) in [5, 5.41) is 6.08. The molecule has 1 amide bonds. The summed E-state index contributed by atoms with van der Waals surface area (Å²) in [6.07, 6.45) is 1.48. The first kappa shape index (κ1) is 13.0. The Morgan fingerprint density at radius 2 is 2.50 bits per heavy atom. The SMILES string of the molecule is COc1cc(Cl)nc(NC(=O)CC2CCNC2)n1. The number of rotatable bonds is 4. The number of anilines is 1. The number of hydrogen-bond acceptors (Lipinski definition) is 5. The smallest absolute Gasteiger partial charge is 0.234 e. The van der Waals surface area contributed by atoms with Crippen LogP contribution in [-0.2, 0) is 4.79 Å². The quantitative estimate of drug-likeness (QED) is 0.801. The Morgan fingerprint density at radius 1 is 1.67 bits per heavy atom. The van der Waals surface area contributed by atoms with E-state index in [4.69, 9.17) is 16.3 Å². The van der Waals surface area contributed by atoms with Crippen LogP contribution < -0.4 is 15.4 Å². The van der Waals surface area contributed by atoms with Crippen molar-refractivity contribution in [3.05, 3.63) is 11.2 Å². The second kappa shape index (κ2) is 5.97. The molecule has 1 atom stereocenters. The first-order chi connectivity index (χ1) is 8.67. The van der Waals surface area contributed by atoms with Gasteiger partial charge < -0.3 is 10.1 Å². The minimum Gasteiger partial charge on any atom is -0.481 e. The Hall–Kier alpha value is -1.40. The maximum Gasteiger partial charge on any atom is 0.234 e. The largest absolute Gasteiger partial charge is 0.481 e. The van der Waals surface area contributed by atoms with Gasteiger partial charge in [-0.3, -0.25) is 10.1 Å². The van der Waals surface area contributed by atoms with Crippen molar-refractivity contribution >= 4 is 23.5 Å². The number of hydrogen-bond donors (Lipinski definition) is 2. The molecule has 1 aliphatic heterocycles. The fourth-order valence-corrected chi connectivity index (χ4v) is 2.06. The molecule has 18 heavy (non-hydrogen) atoms. The third-order valence-electron chi connectivity index (χ3n) is 2.77. The third kappa shape index (κ3) is 3.54. The zero-order chi connectivity index (χ0) is 13.0. The molecule has 6 nitrogen and oxygen atoms in total. The summed E-state index contributed by atoms with van der Waals surface area (Å²) in [6, 6.07) is 1.48. The van der Waals surface area contributed by atoms with Crippen LogP contribution in [0.2, 0.25) is 5.15 Å². The molecule has 1 aromatic heterocycles. The van der Waals surface area contributed by atoms with E-state index >= 15 is 0 Å². The average Bonchev–Trinajstić information content (AvgIpc) is 2.80. The van der Waals surface area contributed by atoms with E-state index < -0.39 is 0 Å². The lowest BCUT2D eigenvalue weighted by Gasteiger charge is -2.08. The van der Waals surface area contributed by atoms with Gasteiger partial charge in [-0.15, -0.1) is 0 Å². The lowest BCUT2D eigenvalue weighted by atomic mass is 10.1. The number of halogens is 1. The van der Waals surface area contributed by atoms with Gasteiger partial charge in [0.25, 0.3) is 0 Å². The fraction of sp³-hybridized carbons (Fsp3) is 0.545. The van der Waals surface area contributed by atoms with Gasteiger partial charge in [0.15, 0.2) is 0 Å². The van der Waals surface area contributed by atoms with Crippen LogP contribution in [0, 0.1) is 5.92 Å². The van der Waals surface area contributed by atoms with Gasteiger partial charge in [0.05, 0.1) is 7.11 Å². The summed E-state index contributed by atoms with van der Waals surface area (Å²) in [5.41, 5.74) is 0. The van der Waals surface area contributed by atoms with Crippen LogP contribution in [0.5, 0.6) is 5.88 Å². The first-order valence-electron chi connectivity index (χ1n) is 5.76. The third-order valence-corrected chi connectivity index (χ3v) is 2.96. The van der Waals surface area contributed by atoms with Crippen molar-refractivity contribution in [1.82, 2.24) is 15.3 Å². The van der Waals surface area contributed by atoms with Gasteiger partial charge in [0.1, 0.15) is 5.15 Å². The van der Waals surface area contributed by atoms with Crippen molar-refractivity contribution in [3.8, 4) is 5.88 Å². The van der Waals surface area contributed by atoms with Crippen molar-refractivity contribution < 1.29 is 9.53 Å². The van der Waals surface area contributed by atoms with Crippen molar-refractivity contribution in [1.29, 1.82) is 0 Å². The number of methoxy groups -OCH3 is 1. The lowest BCUT2D eigenvalue weighted by Crippen LogP contribution is -2.19. The first-order valence-corrected chi connectivity index (χ1v) is 6.14. The second-order valence-corrected chi connectivity index (χ2v) is 4.56. The highest BCUT2D eigenvalue weighted by atomic mass is 35.5. The highest BCUT2D eigenvalue weighted by Crippen LogP contribution is 2.17. The number of nitrogens with one attached hydrogen (secondary N) is 2. The van der Waals surface area contributed by atoms with Crippen LogP contribution in [0.3, 0.4) is 0 Å². The van der Waals surface area contributed by atoms with Gasteiger partial charge in [0.2, 0.25) is 17.7 Å². The maximum atomic E-state index is 11.8. The molecule has 1 saturated heterocycles. The fourth-order valence-electron chi connectivity index (χ4n) is 1.88. The highest BCUT2D eigenvalue weighted by molar-refractivity contribution is 6.29. The van der Waals surface area contributed by atoms with Crippen LogP contribution >= 0.6 is 11.6 Å². The number of ether oxygens (including phenoxy) is 1. The summed E-state index contributed by atoms with van der Waals surface area (Å²) in [4.78, 5) is 19.7. The van der Waals surface area contributed by atoms with Gasteiger partial charge in [-0.05, 0) is 25.4 Å². The van der Waals surface area contributed by atoms with Crippen LogP contribution in [0.15, 0.2) is 6.07 Å². The van der Waals surface area contributed by atoms with E-state index in [1.165, 1.54) is 13.2 Å². The average molecular weight is 271 g/mol. The standard InChI is InChI=1S/C11H15ClN4O2/c1-18-10-5-8(12)14-11(16-10)15-9(17)4-7-2-3-13-6-7/h5,7,13H,2-4,6H2,1H3,(H,14,15,16,17). The number of carbonyl (C=O) groups is 1. The van der Waals surface area contributed by atoms with E-state index in [9.17, 15) is 4.79 Å². The lowest BCUT2D eigenvalue weighted by molar-refractivity contribution is -0.117. The van der Waals surface area contributed by atoms with Crippen LogP contribution in [0.4, 0.5) is 5.95 Å². The number of amides is 1. The van der Waals surface area contributed by atoms with E-state index in [-0.39, 0.29) is 17.0 Å². The Kier molecular flexibility index (Phi) is 4.33. The molecule has 98 valence electrons. The Labute approximate surface area is 110 Å². The van der Waals surface area contributed by atoms with Gasteiger partial charge in [0, 0.05) is 12.5 Å². The van der Waals surface area contributed by atoms with Gasteiger partial charge in [-0.1, -0.05) is 11.6 Å². The molecule has 0 bridgehead atoms. The van der Waals surface area contributed by atoms with E-state index in [0.29, 0.717) is 18.2 Å². The van der Waals surface area contributed by atoms with E-state index in [1.807, 2.05) is 0 Å². The molecule has 1 unspecified atom stereocenters. The minimum absolute atomic E-state index is 0.104. The summed E-state index contributed by atoms with van der Waals surface area (Å²) in [5.74, 6) is 0.780. The molecule has 2 heterocycles. The molecule has 0 spiro atoms. The molecule has 0 saturated carbocycles. The zero-order valence-electron chi connectivity index (χ0n) is 10.1. The van der Waals surface area contributed by atoms with Crippen molar-refractivity contribution in [2.75, 3.05) is 25.5 Å². The molecule has 0 radical (unpaired) electrons. The predicted molar refractivity (Wildman–Crippen MR) is 67.8 cm³/mol. The van der Waals surface area contributed by atoms with Crippen LogP contribution in [-0.4, -0.2) is 36.1 Å². The molecule has 0 aromatic carbocycles. The molecular formula is C11H15ClN4O2. The zero-order valence-corrected chi connectivity index (χ0v) is 10.8. The second-order valence-electron chi connectivity index (χ2n) is 4.17. The number of carbonyl (C=O) groups excluding carboxylic acids is 1. The van der Waals surface area contributed by atoms with E-state index in [2.05, 4.69) is 20.6 Å². The molecule has 7 heteroatoms. The molecule has 0 aliphatic carbocycles. The summed E-state index contributed by atoms with van der Waals surface area (Å²) >= 11 is 5.79. The minimum atomic E-state index is -0.104. The van der Waals surface area contributed by atoms with Gasteiger partial charge in [-0.25, -0.2) is 4.98 Å². The molecule has 1 aliphatic rings. The van der Waals surface area contributed by atoms with Crippen LogP contribution in [0.25, 0.3) is 0 Å². The summed E-state index contributed by atoms with van der Waals surface area (Å²) in [6.45, 7) is 1.85.